The van der Waals surface area contributed by atoms with Crippen LogP contribution in [0.25, 0.3) is 0 Å². The molecule has 4 rings (SSSR count). The van der Waals surface area contributed by atoms with Crippen molar-refractivity contribution in [1.29, 1.82) is 0 Å². The Morgan fingerprint density at radius 1 is 1.26 bits per heavy atom. The summed E-state index contributed by atoms with van der Waals surface area (Å²) in [6.07, 6.45) is 8.10. The Morgan fingerprint density at radius 3 is 3.00 bits per heavy atom. The van der Waals surface area contributed by atoms with E-state index >= 15 is 0 Å². The van der Waals surface area contributed by atoms with Gasteiger partial charge in [0.2, 0.25) is 0 Å². The predicted octanol–water partition coefficient (Wildman–Crippen LogP) is 3.94. The van der Waals surface area contributed by atoms with Crippen LogP contribution in [0, 0.1) is 5.92 Å². The summed E-state index contributed by atoms with van der Waals surface area (Å²) in [5.74, 6) is 0.828. The summed E-state index contributed by atoms with van der Waals surface area (Å²) >= 11 is 7.95. The molecule has 0 radical (unpaired) electrons. The van der Waals surface area contributed by atoms with Gasteiger partial charge in [0.25, 0.3) is 0 Å². The monoisotopic (exact) mass is 297 g/mol. The van der Waals surface area contributed by atoms with Crippen LogP contribution in [0.5, 0.6) is 0 Å². The molecule has 0 amide bonds. The number of hydrogen-bond acceptors (Lipinski definition) is 3. The molecule has 3 unspecified atom stereocenters. The quantitative estimate of drug-likeness (QED) is 0.912. The van der Waals surface area contributed by atoms with E-state index in [1.165, 1.54) is 49.0 Å². The third-order valence-electron chi connectivity index (χ3n) is 4.72. The van der Waals surface area contributed by atoms with Gasteiger partial charge in [0.15, 0.2) is 0 Å². The van der Waals surface area contributed by atoms with Crippen molar-refractivity contribution >= 4 is 22.9 Å². The molecule has 19 heavy (non-hydrogen) atoms. The molecule has 1 aromatic rings. The summed E-state index contributed by atoms with van der Waals surface area (Å²) in [5.41, 5.74) is 1.46. The summed E-state index contributed by atoms with van der Waals surface area (Å²) in [5, 5.41) is 3.88. The lowest BCUT2D eigenvalue weighted by Gasteiger charge is -2.29. The first-order valence-electron chi connectivity index (χ1n) is 7.47. The Morgan fingerprint density at radius 2 is 2.16 bits per heavy atom. The summed E-state index contributed by atoms with van der Waals surface area (Å²) in [6.45, 7) is 0.933. The van der Waals surface area contributed by atoms with Gasteiger partial charge in [0, 0.05) is 23.6 Å². The van der Waals surface area contributed by atoms with E-state index in [1.807, 2.05) is 0 Å². The highest BCUT2D eigenvalue weighted by Gasteiger charge is 2.41. The first kappa shape index (κ1) is 12.6. The molecule has 3 aliphatic rings. The van der Waals surface area contributed by atoms with E-state index in [4.69, 9.17) is 16.3 Å². The van der Waals surface area contributed by atoms with Crippen LogP contribution in [-0.2, 0) is 11.2 Å². The van der Waals surface area contributed by atoms with Gasteiger partial charge in [-0.3, -0.25) is 0 Å². The first-order valence-corrected chi connectivity index (χ1v) is 8.66. The van der Waals surface area contributed by atoms with Crippen molar-refractivity contribution in [3.63, 3.8) is 0 Å². The lowest BCUT2D eigenvalue weighted by Crippen LogP contribution is -2.40. The van der Waals surface area contributed by atoms with Crippen molar-refractivity contribution in [3.05, 3.63) is 20.8 Å². The minimum atomic E-state index is 0.472. The zero-order valence-electron chi connectivity index (χ0n) is 11.0. The van der Waals surface area contributed by atoms with Gasteiger partial charge in [-0.25, -0.2) is 0 Å². The molecule has 0 bridgehead atoms. The maximum atomic E-state index is 6.19. The molecule has 2 fully saturated rings. The van der Waals surface area contributed by atoms with Crippen LogP contribution in [0.4, 0.5) is 0 Å². The number of halogens is 1. The fourth-order valence-corrected chi connectivity index (χ4v) is 5.02. The standard InChI is InChI=1S/C15H20ClNOS/c16-14-8-10-11(2-1-3-13(10)19-14)17-12-6-7-18-15(12)9-4-5-9/h8-9,11-12,15,17H,1-7H2. The van der Waals surface area contributed by atoms with Gasteiger partial charge < -0.3 is 10.1 Å². The molecule has 3 atom stereocenters. The smallest absolute Gasteiger partial charge is 0.0934 e. The molecule has 0 aromatic carbocycles. The van der Waals surface area contributed by atoms with Gasteiger partial charge in [0.05, 0.1) is 10.4 Å². The van der Waals surface area contributed by atoms with Crippen LogP contribution in [0.3, 0.4) is 0 Å². The predicted molar refractivity (Wildman–Crippen MR) is 79.0 cm³/mol. The summed E-state index contributed by atoms with van der Waals surface area (Å²) in [4.78, 5) is 1.50. The molecular weight excluding hydrogens is 278 g/mol. The van der Waals surface area contributed by atoms with E-state index < -0.39 is 0 Å². The average Bonchev–Trinajstić information content (AvgIpc) is 3.01. The maximum Gasteiger partial charge on any atom is 0.0934 e. The Balaban J connectivity index is 1.50. The van der Waals surface area contributed by atoms with Crippen LogP contribution in [0.2, 0.25) is 4.34 Å². The van der Waals surface area contributed by atoms with Gasteiger partial charge in [-0.05, 0) is 56.1 Å². The SMILES string of the molecule is Clc1cc2c(s1)CCCC2NC1CCOC1C1CC1. The van der Waals surface area contributed by atoms with E-state index in [0.29, 0.717) is 18.2 Å². The minimum Gasteiger partial charge on any atom is -0.376 e. The lowest BCUT2D eigenvalue weighted by molar-refractivity contribution is 0.0783. The maximum absolute atomic E-state index is 6.19. The molecule has 4 heteroatoms. The zero-order chi connectivity index (χ0) is 12.8. The second-order valence-electron chi connectivity index (χ2n) is 6.11. The largest absolute Gasteiger partial charge is 0.376 e. The van der Waals surface area contributed by atoms with Crippen molar-refractivity contribution in [2.45, 2.75) is 56.7 Å². The number of nitrogens with one attached hydrogen (secondary N) is 1. The van der Waals surface area contributed by atoms with Crippen LogP contribution in [0.15, 0.2) is 6.07 Å². The fourth-order valence-electron chi connectivity index (χ4n) is 3.63. The van der Waals surface area contributed by atoms with Gasteiger partial charge in [0.1, 0.15) is 0 Å². The van der Waals surface area contributed by atoms with E-state index in [9.17, 15) is 0 Å². The molecule has 1 N–H and O–H groups in total. The third kappa shape index (κ3) is 2.46. The van der Waals surface area contributed by atoms with Gasteiger partial charge >= 0.3 is 0 Å². The normalized spacial score (nSPS) is 34.5. The fraction of sp³-hybridized carbons (Fsp3) is 0.733. The number of aryl methyl sites for hydroxylation is 1. The molecule has 0 spiro atoms. The lowest BCUT2D eigenvalue weighted by atomic mass is 9.92. The minimum absolute atomic E-state index is 0.472. The third-order valence-corrected chi connectivity index (χ3v) is 6.06. The van der Waals surface area contributed by atoms with Crippen LogP contribution in [0.1, 0.15) is 48.6 Å². The van der Waals surface area contributed by atoms with Crippen LogP contribution < -0.4 is 5.32 Å². The second kappa shape index (κ2) is 5.03. The Labute approximate surface area is 123 Å². The molecule has 2 heterocycles. The van der Waals surface area contributed by atoms with Crippen molar-refractivity contribution in [3.8, 4) is 0 Å². The summed E-state index contributed by atoms with van der Waals surface area (Å²) < 4.78 is 6.88. The second-order valence-corrected chi connectivity index (χ2v) is 7.88. The average molecular weight is 298 g/mol. The zero-order valence-corrected chi connectivity index (χ0v) is 12.6. The van der Waals surface area contributed by atoms with Crippen molar-refractivity contribution in [2.75, 3.05) is 6.61 Å². The van der Waals surface area contributed by atoms with Crippen molar-refractivity contribution in [1.82, 2.24) is 5.32 Å². The molecule has 104 valence electrons. The molecule has 1 saturated carbocycles. The number of thiophene rings is 1. The van der Waals surface area contributed by atoms with E-state index in [0.717, 1.165) is 16.9 Å². The molecule has 2 aliphatic carbocycles. The van der Waals surface area contributed by atoms with E-state index in [2.05, 4.69) is 11.4 Å². The Hall–Kier alpha value is -0.0900. The summed E-state index contributed by atoms with van der Waals surface area (Å²) in [6, 6.07) is 3.24. The molecular formula is C15H20ClNOS. The first-order chi connectivity index (χ1) is 9.31. The van der Waals surface area contributed by atoms with E-state index in [1.54, 1.807) is 11.3 Å². The van der Waals surface area contributed by atoms with Gasteiger partial charge in [-0.1, -0.05) is 11.6 Å². The van der Waals surface area contributed by atoms with Crippen molar-refractivity contribution < 1.29 is 4.74 Å². The Bertz CT molecular complexity index is 471. The highest BCUT2D eigenvalue weighted by atomic mass is 35.5. The topological polar surface area (TPSA) is 21.3 Å². The molecule has 1 aliphatic heterocycles. The van der Waals surface area contributed by atoms with E-state index in [-0.39, 0.29) is 0 Å². The molecule has 2 nitrogen and oxygen atoms in total. The highest BCUT2D eigenvalue weighted by Crippen LogP contribution is 2.42. The molecule has 1 aromatic heterocycles. The Kier molecular flexibility index (Phi) is 3.34. The number of fused-ring (bicyclic) bond motifs is 1. The number of hydrogen-bond donors (Lipinski definition) is 1. The highest BCUT2D eigenvalue weighted by molar-refractivity contribution is 7.16. The number of ether oxygens (including phenoxy) is 1. The van der Waals surface area contributed by atoms with Crippen LogP contribution in [-0.4, -0.2) is 18.8 Å². The number of rotatable bonds is 3. The van der Waals surface area contributed by atoms with Gasteiger partial charge in [-0.2, -0.15) is 0 Å². The van der Waals surface area contributed by atoms with Crippen molar-refractivity contribution in [2.24, 2.45) is 5.92 Å². The molecule has 1 saturated heterocycles. The van der Waals surface area contributed by atoms with Crippen LogP contribution >= 0.6 is 22.9 Å². The summed E-state index contributed by atoms with van der Waals surface area (Å²) in [7, 11) is 0. The van der Waals surface area contributed by atoms with Gasteiger partial charge in [-0.15, -0.1) is 11.3 Å².